The van der Waals surface area contributed by atoms with Crippen molar-refractivity contribution in [3.63, 3.8) is 0 Å². The van der Waals surface area contributed by atoms with Gasteiger partial charge >= 0.3 is 5.97 Å². The van der Waals surface area contributed by atoms with E-state index in [1.807, 2.05) is 0 Å². The lowest BCUT2D eigenvalue weighted by Crippen LogP contribution is -2.47. The van der Waals surface area contributed by atoms with Crippen LogP contribution in [0, 0.1) is 5.92 Å². The van der Waals surface area contributed by atoms with E-state index in [1.165, 1.54) is 19.3 Å². The summed E-state index contributed by atoms with van der Waals surface area (Å²) < 4.78 is 0. The van der Waals surface area contributed by atoms with Crippen LogP contribution in [0.15, 0.2) is 0 Å². The van der Waals surface area contributed by atoms with Gasteiger partial charge in [0.15, 0.2) is 0 Å². The Morgan fingerprint density at radius 1 is 1.25 bits per heavy atom. The van der Waals surface area contributed by atoms with Gasteiger partial charge in [0.1, 0.15) is 0 Å². The van der Waals surface area contributed by atoms with E-state index in [-0.39, 0.29) is 6.54 Å². The molecule has 92 valence electrons. The van der Waals surface area contributed by atoms with Crippen molar-refractivity contribution in [2.75, 3.05) is 26.2 Å². The van der Waals surface area contributed by atoms with Crippen molar-refractivity contribution in [2.24, 2.45) is 5.92 Å². The van der Waals surface area contributed by atoms with E-state index >= 15 is 0 Å². The Morgan fingerprint density at radius 2 is 2.06 bits per heavy atom. The molecule has 0 spiro atoms. The fourth-order valence-corrected chi connectivity index (χ4v) is 2.45. The lowest BCUT2D eigenvalue weighted by molar-refractivity contribution is -0.139. The first kappa shape index (κ1) is 11.9. The average Bonchev–Trinajstić information content (AvgIpc) is 3.04. The second kappa shape index (κ2) is 5.64. The van der Waals surface area contributed by atoms with E-state index in [0.29, 0.717) is 6.04 Å². The van der Waals surface area contributed by atoms with Crippen LogP contribution in [0.3, 0.4) is 0 Å². The summed E-state index contributed by atoms with van der Waals surface area (Å²) >= 11 is 0. The first-order valence-corrected chi connectivity index (χ1v) is 6.42. The second-order valence-electron chi connectivity index (χ2n) is 5.12. The first-order valence-electron chi connectivity index (χ1n) is 6.42. The zero-order chi connectivity index (χ0) is 11.4. The molecule has 1 aliphatic carbocycles. The number of nitrogens with one attached hydrogen (secondary N) is 1. The van der Waals surface area contributed by atoms with Crippen molar-refractivity contribution in [1.82, 2.24) is 10.2 Å². The molecule has 0 aromatic heterocycles. The number of rotatable bonds is 6. The maximum Gasteiger partial charge on any atom is 0.317 e. The highest BCUT2D eigenvalue weighted by Gasteiger charge is 2.25. The Hall–Kier alpha value is -0.610. The monoisotopic (exact) mass is 226 g/mol. The molecule has 1 saturated carbocycles. The van der Waals surface area contributed by atoms with E-state index in [0.717, 1.165) is 38.4 Å². The van der Waals surface area contributed by atoms with Crippen LogP contribution in [0.25, 0.3) is 0 Å². The summed E-state index contributed by atoms with van der Waals surface area (Å²) in [6.07, 6.45) is 6.27. The molecule has 2 N–H and O–H groups in total. The van der Waals surface area contributed by atoms with E-state index in [1.54, 1.807) is 0 Å². The van der Waals surface area contributed by atoms with E-state index < -0.39 is 5.97 Å². The molecular weight excluding hydrogens is 204 g/mol. The molecule has 2 fully saturated rings. The predicted molar refractivity (Wildman–Crippen MR) is 62.4 cm³/mol. The number of aliphatic carboxylic acids is 1. The van der Waals surface area contributed by atoms with Gasteiger partial charge < -0.3 is 10.4 Å². The molecule has 0 bridgehead atoms. The molecule has 1 unspecified atom stereocenters. The van der Waals surface area contributed by atoms with Crippen LogP contribution < -0.4 is 5.32 Å². The molecule has 1 aliphatic heterocycles. The third-order valence-corrected chi connectivity index (χ3v) is 3.60. The molecule has 1 heterocycles. The zero-order valence-corrected chi connectivity index (χ0v) is 9.82. The number of carboxylic acid groups (broad SMARTS) is 1. The lowest BCUT2D eigenvalue weighted by Gasteiger charge is -2.34. The van der Waals surface area contributed by atoms with Gasteiger partial charge in [-0.15, -0.1) is 0 Å². The minimum atomic E-state index is -0.700. The van der Waals surface area contributed by atoms with E-state index in [4.69, 9.17) is 5.11 Å². The van der Waals surface area contributed by atoms with E-state index in [9.17, 15) is 4.79 Å². The molecule has 16 heavy (non-hydrogen) atoms. The number of carbonyl (C=O) groups is 1. The van der Waals surface area contributed by atoms with Gasteiger partial charge in [-0.3, -0.25) is 9.69 Å². The van der Waals surface area contributed by atoms with Crippen LogP contribution in [0.5, 0.6) is 0 Å². The van der Waals surface area contributed by atoms with Crippen LogP contribution in [0.1, 0.15) is 32.1 Å². The summed E-state index contributed by atoms with van der Waals surface area (Å²) in [5, 5.41) is 12.3. The molecule has 0 amide bonds. The lowest BCUT2D eigenvalue weighted by atomic mass is 10.0. The van der Waals surface area contributed by atoms with Crippen LogP contribution in [-0.2, 0) is 4.79 Å². The number of hydrogen-bond donors (Lipinski definition) is 2. The van der Waals surface area contributed by atoms with Crippen LogP contribution >= 0.6 is 0 Å². The topological polar surface area (TPSA) is 52.6 Å². The molecule has 1 atom stereocenters. The summed E-state index contributed by atoms with van der Waals surface area (Å²) in [5.41, 5.74) is 0. The Morgan fingerprint density at radius 3 is 2.75 bits per heavy atom. The number of carboxylic acids is 1. The minimum absolute atomic E-state index is 0.204. The summed E-state index contributed by atoms with van der Waals surface area (Å²) in [4.78, 5) is 12.9. The number of nitrogens with zero attached hydrogens (tertiary/aromatic N) is 1. The van der Waals surface area contributed by atoms with Crippen molar-refractivity contribution in [3.05, 3.63) is 0 Å². The Labute approximate surface area is 97.0 Å². The Balaban J connectivity index is 1.71. The second-order valence-corrected chi connectivity index (χ2v) is 5.12. The van der Waals surface area contributed by atoms with Gasteiger partial charge in [0.25, 0.3) is 0 Å². The van der Waals surface area contributed by atoms with E-state index in [2.05, 4.69) is 10.2 Å². The molecule has 1 saturated heterocycles. The fourth-order valence-electron chi connectivity index (χ4n) is 2.45. The molecule has 2 rings (SSSR count). The van der Waals surface area contributed by atoms with Gasteiger partial charge in [-0.05, 0) is 44.7 Å². The first-order chi connectivity index (χ1) is 7.75. The predicted octanol–water partition coefficient (Wildman–Crippen LogP) is 0.925. The van der Waals surface area contributed by atoms with Crippen molar-refractivity contribution >= 4 is 5.97 Å². The highest BCUT2D eigenvalue weighted by molar-refractivity contribution is 5.69. The van der Waals surface area contributed by atoms with Gasteiger partial charge in [-0.2, -0.15) is 0 Å². The van der Waals surface area contributed by atoms with Crippen molar-refractivity contribution in [2.45, 2.75) is 38.1 Å². The standard InChI is InChI=1S/C12H22N2O2/c15-12(16)9-14-6-2-1-3-11(14)8-13-7-10-4-5-10/h10-11,13H,1-9H2,(H,15,16). The minimum Gasteiger partial charge on any atom is -0.480 e. The third kappa shape index (κ3) is 3.76. The maximum atomic E-state index is 10.7. The summed E-state index contributed by atoms with van der Waals surface area (Å²) in [6, 6.07) is 0.434. The van der Waals surface area contributed by atoms with Gasteiger partial charge in [0.2, 0.25) is 0 Å². The molecule has 4 heteroatoms. The number of hydrogen-bond acceptors (Lipinski definition) is 3. The Bertz CT molecular complexity index is 241. The number of likely N-dealkylation sites (tertiary alicyclic amines) is 1. The molecule has 0 aromatic carbocycles. The summed E-state index contributed by atoms with van der Waals surface area (Å²) in [7, 11) is 0. The van der Waals surface area contributed by atoms with Crippen molar-refractivity contribution in [3.8, 4) is 0 Å². The smallest absolute Gasteiger partial charge is 0.317 e. The molecule has 0 aromatic rings. The molecule has 2 aliphatic rings. The van der Waals surface area contributed by atoms with Crippen molar-refractivity contribution < 1.29 is 9.90 Å². The fraction of sp³-hybridized carbons (Fsp3) is 0.917. The number of piperidine rings is 1. The highest BCUT2D eigenvalue weighted by atomic mass is 16.4. The van der Waals surface area contributed by atoms with Gasteiger partial charge in [0.05, 0.1) is 6.54 Å². The molecular formula is C12H22N2O2. The zero-order valence-electron chi connectivity index (χ0n) is 9.82. The summed E-state index contributed by atoms with van der Waals surface area (Å²) in [5.74, 6) is 0.200. The van der Waals surface area contributed by atoms with Crippen LogP contribution in [0.4, 0.5) is 0 Å². The van der Waals surface area contributed by atoms with Crippen LogP contribution in [-0.4, -0.2) is 48.2 Å². The molecule has 0 radical (unpaired) electrons. The Kier molecular flexibility index (Phi) is 4.18. The van der Waals surface area contributed by atoms with Gasteiger partial charge in [0, 0.05) is 12.6 Å². The normalized spacial score (nSPS) is 26.9. The third-order valence-electron chi connectivity index (χ3n) is 3.60. The van der Waals surface area contributed by atoms with Crippen molar-refractivity contribution in [1.29, 1.82) is 0 Å². The van der Waals surface area contributed by atoms with Crippen LogP contribution in [0.2, 0.25) is 0 Å². The quantitative estimate of drug-likeness (QED) is 0.707. The average molecular weight is 226 g/mol. The molecule has 4 nitrogen and oxygen atoms in total. The SMILES string of the molecule is O=C(O)CN1CCCCC1CNCC1CC1. The van der Waals surface area contributed by atoms with Gasteiger partial charge in [-0.25, -0.2) is 0 Å². The highest BCUT2D eigenvalue weighted by Crippen LogP contribution is 2.27. The maximum absolute atomic E-state index is 10.7. The van der Waals surface area contributed by atoms with Gasteiger partial charge in [-0.1, -0.05) is 6.42 Å². The summed E-state index contributed by atoms with van der Waals surface area (Å²) in [6.45, 7) is 3.24. The largest absolute Gasteiger partial charge is 0.480 e.